The van der Waals surface area contributed by atoms with Gasteiger partial charge in [0.1, 0.15) is 11.6 Å². The van der Waals surface area contributed by atoms with E-state index in [2.05, 4.69) is 37.2 Å². The molecule has 1 amide bonds. The fourth-order valence-corrected chi connectivity index (χ4v) is 2.63. The van der Waals surface area contributed by atoms with E-state index in [1.807, 2.05) is 25.1 Å². The number of carbonyl (C=O) groups excluding carboxylic acids is 1. The Labute approximate surface area is 138 Å². The molecule has 0 heterocycles. The summed E-state index contributed by atoms with van der Waals surface area (Å²) >= 11 is 6.55. The minimum Gasteiger partial charge on any atom is -0.483 e. The largest absolute Gasteiger partial charge is 0.483 e. The number of anilines is 1. The molecule has 6 heteroatoms. The van der Waals surface area contributed by atoms with Crippen molar-refractivity contribution in [3.63, 3.8) is 0 Å². The SMILES string of the molecule is Cc1cc(Br)ccc1NC(=O)COc1ccc(F)cc1Br. The number of carbonyl (C=O) groups is 1. The molecule has 2 rings (SSSR count). The van der Waals surface area contributed by atoms with Crippen LogP contribution in [0.3, 0.4) is 0 Å². The van der Waals surface area contributed by atoms with Crippen molar-refractivity contribution < 1.29 is 13.9 Å². The zero-order chi connectivity index (χ0) is 15.4. The first-order chi connectivity index (χ1) is 9.95. The number of benzene rings is 2. The molecule has 2 aromatic rings. The smallest absolute Gasteiger partial charge is 0.262 e. The fraction of sp³-hybridized carbons (Fsp3) is 0.133. The highest BCUT2D eigenvalue weighted by Gasteiger charge is 2.08. The molecule has 0 aliphatic heterocycles. The third-order valence-corrected chi connectivity index (χ3v) is 3.83. The van der Waals surface area contributed by atoms with Gasteiger partial charge in [0.25, 0.3) is 5.91 Å². The molecule has 0 radical (unpaired) electrons. The van der Waals surface area contributed by atoms with Crippen LogP contribution >= 0.6 is 31.9 Å². The summed E-state index contributed by atoms with van der Waals surface area (Å²) in [5.41, 5.74) is 1.67. The topological polar surface area (TPSA) is 38.3 Å². The molecule has 110 valence electrons. The van der Waals surface area contributed by atoms with Gasteiger partial charge in [-0.05, 0) is 64.8 Å². The van der Waals surface area contributed by atoms with Gasteiger partial charge >= 0.3 is 0 Å². The zero-order valence-corrected chi connectivity index (χ0v) is 14.3. The Bertz CT molecular complexity index is 677. The second-order valence-corrected chi connectivity index (χ2v) is 6.14. The first kappa shape index (κ1) is 16.0. The van der Waals surface area contributed by atoms with E-state index in [9.17, 15) is 9.18 Å². The molecule has 0 atom stereocenters. The molecule has 21 heavy (non-hydrogen) atoms. The molecular formula is C15H12Br2FNO2. The van der Waals surface area contributed by atoms with Crippen molar-refractivity contribution in [2.75, 3.05) is 11.9 Å². The molecule has 0 spiro atoms. The highest BCUT2D eigenvalue weighted by Crippen LogP contribution is 2.25. The molecule has 0 unspecified atom stereocenters. The van der Waals surface area contributed by atoms with Gasteiger partial charge in [0, 0.05) is 10.2 Å². The lowest BCUT2D eigenvalue weighted by atomic mass is 10.2. The van der Waals surface area contributed by atoms with Crippen molar-refractivity contribution >= 4 is 43.5 Å². The Morgan fingerprint density at radius 1 is 1.24 bits per heavy atom. The van der Waals surface area contributed by atoms with Crippen molar-refractivity contribution in [1.82, 2.24) is 0 Å². The van der Waals surface area contributed by atoms with Gasteiger partial charge in [-0.2, -0.15) is 0 Å². The van der Waals surface area contributed by atoms with Crippen molar-refractivity contribution in [1.29, 1.82) is 0 Å². The van der Waals surface area contributed by atoms with Crippen molar-refractivity contribution in [3.05, 3.63) is 56.7 Å². The molecule has 0 saturated heterocycles. The maximum atomic E-state index is 12.9. The van der Waals surface area contributed by atoms with Crippen LogP contribution in [-0.2, 0) is 4.79 Å². The lowest BCUT2D eigenvalue weighted by Crippen LogP contribution is -2.20. The monoisotopic (exact) mass is 415 g/mol. The number of amides is 1. The third-order valence-electron chi connectivity index (χ3n) is 2.72. The first-order valence-corrected chi connectivity index (χ1v) is 7.68. The number of aryl methyl sites for hydroxylation is 1. The summed E-state index contributed by atoms with van der Waals surface area (Å²) in [6.07, 6.45) is 0. The van der Waals surface area contributed by atoms with Crippen LogP contribution in [0.2, 0.25) is 0 Å². The second kappa shape index (κ2) is 7.04. The summed E-state index contributed by atoms with van der Waals surface area (Å²) in [5, 5.41) is 2.76. The molecule has 0 bridgehead atoms. The van der Waals surface area contributed by atoms with Crippen LogP contribution in [0.15, 0.2) is 45.3 Å². The first-order valence-electron chi connectivity index (χ1n) is 6.09. The molecule has 0 fully saturated rings. The summed E-state index contributed by atoms with van der Waals surface area (Å²) in [6.45, 7) is 1.75. The molecule has 3 nitrogen and oxygen atoms in total. The molecule has 0 saturated carbocycles. The van der Waals surface area contributed by atoms with E-state index in [0.717, 1.165) is 15.7 Å². The van der Waals surface area contributed by atoms with E-state index < -0.39 is 0 Å². The predicted octanol–water partition coefficient (Wildman–Crippen LogP) is 4.68. The minimum absolute atomic E-state index is 0.153. The normalized spacial score (nSPS) is 10.3. The Morgan fingerprint density at radius 3 is 2.67 bits per heavy atom. The zero-order valence-electron chi connectivity index (χ0n) is 11.1. The highest BCUT2D eigenvalue weighted by atomic mass is 79.9. The highest BCUT2D eigenvalue weighted by molar-refractivity contribution is 9.10. The molecule has 0 aliphatic rings. The fourth-order valence-electron chi connectivity index (χ4n) is 1.69. The van der Waals surface area contributed by atoms with E-state index in [-0.39, 0.29) is 18.3 Å². The van der Waals surface area contributed by atoms with E-state index >= 15 is 0 Å². The maximum Gasteiger partial charge on any atom is 0.262 e. The Kier molecular flexibility index (Phi) is 5.36. The van der Waals surface area contributed by atoms with Gasteiger partial charge in [0.05, 0.1) is 4.47 Å². The van der Waals surface area contributed by atoms with Crippen LogP contribution in [-0.4, -0.2) is 12.5 Å². The van der Waals surface area contributed by atoms with Crippen LogP contribution in [0.1, 0.15) is 5.56 Å². The van der Waals surface area contributed by atoms with Gasteiger partial charge in [-0.3, -0.25) is 4.79 Å². The van der Waals surface area contributed by atoms with Crippen molar-refractivity contribution in [3.8, 4) is 5.75 Å². The quantitative estimate of drug-likeness (QED) is 0.785. The molecule has 1 N–H and O–H groups in total. The van der Waals surface area contributed by atoms with Gasteiger partial charge in [-0.15, -0.1) is 0 Å². The molecule has 0 aromatic heterocycles. The number of rotatable bonds is 4. The number of ether oxygens (including phenoxy) is 1. The van der Waals surface area contributed by atoms with Crippen LogP contribution in [0.5, 0.6) is 5.75 Å². The number of nitrogens with one attached hydrogen (secondary N) is 1. The minimum atomic E-state index is -0.371. The predicted molar refractivity (Wildman–Crippen MR) is 87.1 cm³/mol. The van der Waals surface area contributed by atoms with Crippen LogP contribution in [0.25, 0.3) is 0 Å². The van der Waals surface area contributed by atoms with Crippen LogP contribution < -0.4 is 10.1 Å². The summed E-state index contributed by atoms with van der Waals surface area (Å²) in [4.78, 5) is 11.9. The summed E-state index contributed by atoms with van der Waals surface area (Å²) in [7, 11) is 0. The Balaban J connectivity index is 1.96. The average Bonchev–Trinajstić information content (AvgIpc) is 2.41. The Morgan fingerprint density at radius 2 is 2.00 bits per heavy atom. The van der Waals surface area contributed by atoms with Gasteiger partial charge in [0.15, 0.2) is 6.61 Å². The second-order valence-electron chi connectivity index (χ2n) is 4.37. The lowest BCUT2D eigenvalue weighted by Gasteiger charge is -2.10. The van der Waals surface area contributed by atoms with E-state index in [0.29, 0.717) is 10.2 Å². The molecular weight excluding hydrogens is 405 g/mol. The summed E-state index contributed by atoms with van der Waals surface area (Å²) in [6, 6.07) is 9.60. The van der Waals surface area contributed by atoms with Gasteiger partial charge < -0.3 is 10.1 Å². The standard InChI is InChI=1S/C15H12Br2FNO2/c1-9-6-10(16)2-4-13(9)19-15(20)8-21-14-5-3-11(18)7-12(14)17/h2-7H,8H2,1H3,(H,19,20). The molecule has 2 aromatic carbocycles. The van der Waals surface area contributed by atoms with E-state index in [4.69, 9.17) is 4.74 Å². The van der Waals surface area contributed by atoms with Crippen molar-refractivity contribution in [2.45, 2.75) is 6.92 Å². The Hall–Kier alpha value is -1.40. The van der Waals surface area contributed by atoms with Crippen LogP contribution in [0.4, 0.5) is 10.1 Å². The van der Waals surface area contributed by atoms with E-state index in [1.54, 1.807) is 0 Å². The average molecular weight is 417 g/mol. The molecule has 0 aliphatic carbocycles. The number of hydrogen-bond acceptors (Lipinski definition) is 2. The lowest BCUT2D eigenvalue weighted by molar-refractivity contribution is -0.118. The summed E-state index contributed by atoms with van der Waals surface area (Å²) < 4.78 is 19.7. The maximum absolute atomic E-state index is 12.9. The number of hydrogen-bond donors (Lipinski definition) is 1. The third kappa shape index (κ3) is 4.54. The van der Waals surface area contributed by atoms with E-state index in [1.165, 1.54) is 18.2 Å². The van der Waals surface area contributed by atoms with Crippen LogP contribution in [0, 0.1) is 12.7 Å². The van der Waals surface area contributed by atoms with Gasteiger partial charge in [0.2, 0.25) is 0 Å². The van der Waals surface area contributed by atoms with Crippen molar-refractivity contribution in [2.24, 2.45) is 0 Å². The number of halogens is 3. The van der Waals surface area contributed by atoms with Gasteiger partial charge in [-0.25, -0.2) is 4.39 Å². The van der Waals surface area contributed by atoms with Gasteiger partial charge in [-0.1, -0.05) is 15.9 Å². The summed E-state index contributed by atoms with van der Waals surface area (Å²) in [5.74, 6) is -0.236.